The molecule has 0 aliphatic rings. The van der Waals surface area contributed by atoms with Crippen molar-refractivity contribution in [2.24, 2.45) is 7.05 Å². The number of rotatable bonds is 4. The molecular formula is C16H15FN4O2. The number of carbonyl (C=O) groups excluding carboxylic acids is 1. The molecule has 1 N–H and O–H groups in total. The van der Waals surface area contributed by atoms with Crippen LogP contribution < -0.4 is 5.32 Å². The van der Waals surface area contributed by atoms with Crippen molar-refractivity contribution in [2.45, 2.75) is 13.5 Å². The molecule has 118 valence electrons. The maximum Gasteiger partial charge on any atom is 0.273 e. The van der Waals surface area contributed by atoms with E-state index < -0.39 is 0 Å². The number of aryl methyl sites for hydroxylation is 2. The van der Waals surface area contributed by atoms with Gasteiger partial charge in [-0.25, -0.2) is 4.39 Å². The minimum absolute atomic E-state index is 0.170. The summed E-state index contributed by atoms with van der Waals surface area (Å²) in [6.45, 7) is 2.23. The van der Waals surface area contributed by atoms with Crippen molar-refractivity contribution in [1.29, 1.82) is 0 Å². The Morgan fingerprint density at radius 3 is 2.70 bits per heavy atom. The van der Waals surface area contributed by atoms with Crippen LogP contribution in [0.3, 0.4) is 0 Å². The van der Waals surface area contributed by atoms with Gasteiger partial charge in [-0.05, 0) is 37.3 Å². The molecule has 1 amide bonds. The number of benzene rings is 1. The molecule has 2 heterocycles. The third-order valence-corrected chi connectivity index (χ3v) is 3.40. The van der Waals surface area contributed by atoms with Gasteiger partial charge in [-0.1, -0.05) is 5.16 Å². The molecule has 0 atom stereocenters. The van der Waals surface area contributed by atoms with Gasteiger partial charge in [-0.3, -0.25) is 9.48 Å². The van der Waals surface area contributed by atoms with Gasteiger partial charge in [0.25, 0.3) is 5.91 Å². The average Bonchev–Trinajstić information content (AvgIpc) is 3.12. The molecule has 0 unspecified atom stereocenters. The summed E-state index contributed by atoms with van der Waals surface area (Å²) in [6, 6.07) is 9.20. The van der Waals surface area contributed by atoms with E-state index in [9.17, 15) is 9.18 Å². The van der Waals surface area contributed by atoms with Crippen LogP contribution in [0, 0.1) is 12.7 Å². The number of carbonyl (C=O) groups is 1. The highest BCUT2D eigenvalue weighted by atomic mass is 19.1. The number of amides is 1. The Bertz CT molecular complexity index is 836. The number of hydrogen-bond acceptors (Lipinski definition) is 4. The zero-order valence-electron chi connectivity index (χ0n) is 12.7. The topological polar surface area (TPSA) is 73.0 Å². The van der Waals surface area contributed by atoms with Crippen LogP contribution in [0.4, 0.5) is 4.39 Å². The number of nitrogens with one attached hydrogen (secondary N) is 1. The van der Waals surface area contributed by atoms with Crippen LogP contribution >= 0.6 is 0 Å². The summed E-state index contributed by atoms with van der Waals surface area (Å²) in [7, 11) is 1.82. The molecule has 0 aliphatic heterocycles. The Labute approximate surface area is 131 Å². The molecule has 0 aliphatic carbocycles. The third-order valence-electron chi connectivity index (χ3n) is 3.40. The van der Waals surface area contributed by atoms with Crippen molar-refractivity contribution >= 4 is 5.91 Å². The van der Waals surface area contributed by atoms with E-state index >= 15 is 0 Å². The van der Waals surface area contributed by atoms with E-state index in [1.807, 2.05) is 20.0 Å². The van der Waals surface area contributed by atoms with Crippen LogP contribution in [0.1, 0.15) is 21.9 Å². The molecule has 0 bridgehead atoms. The van der Waals surface area contributed by atoms with Gasteiger partial charge in [0, 0.05) is 18.7 Å². The molecule has 3 rings (SSSR count). The molecule has 23 heavy (non-hydrogen) atoms. The largest absolute Gasteiger partial charge is 0.355 e. The van der Waals surface area contributed by atoms with E-state index in [1.165, 1.54) is 18.2 Å². The highest BCUT2D eigenvalue weighted by molar-refractivity contribution is 5.93. The zero-order chi connectivity index (χ0) is 16.4. The van der Waals surface area contributed by atoms with Crippen LogP contribution in [0.15, 0.2) is 40.9 Å². The van der Waals surface area contributed by atoms with Gasteiger partial charge >= 0.3 is 0 Å². The summed E-state index contributed by atoms with van der Waals surface area (Å²) in [4.78, 5) is 12.1. The van der Waals surface area contributed by atoms with Crippen molar-refractivity contribution in [3.05, 3.63) is 59.3 Å². The molecule has 0 spiro atoms. The first-order valence-corrected chi connectivity index (χ1v) is 7.03. The molecule has 6 nitrogen and oxygen atoms in total. The summed E-state index contributed by atoms with van der Waals surface area (Å²) in [5, 5.41) is 10.7. The van der Waals surface area contributed by atoms with E-state index in [0.29, 0.717) is 17.9 Å². The van der Waals surface area contributed by atoms with Gasteiger partial charge in [-0.15, -0.1) is 0 Å². The van der Waals surface area contributed by atoms with Gasteiger partial charge in [0.05, 0.1) is 17.9 Å². The molecule has 0 radical (unpaired) electrons. The summed E-state index contributed by atoms with van der Waals surface area (Å²) < 4.78 is 19.8. The van der Waals surface area contributed by atoms with Gasteiger partial charge in [0.2, 0.25) is 0 Å². The van der Waals surface area contributed by atoms with E-state index in [1.54, 1.807) is 16.8 Å². The lowest BCUT2D eigenvalue weighted by molar-refractivity contribution is 0.0941. The Balaban J connectivity index is 1.69. The van der Waals surface area contributed by atoms with E-state index in [0.717, 1.165) is 11.4 Å². The fourth-order valence-electron chi connectivity index (χ4n) is 2.22. The number of halogens is 1. The quantitative estimate of drug-likeness (QED) is 0.803. The Hall–Kier alpha value is -2.96. The van der Waals surface area contributed by atoms with Crippen molar-refractivity contribution < 1.29 is 13.7 Å². The lowest BCUT2D eigenvalue weighted by Gasteiger charge is -2.02. The molecule has 0 saturated heterocycles. The first kappa shape index (κ1) is 15.0. The van der Waals surface area contributed by atoms with Crippen LogP contribution in [-0.2, 0) is 13.6 Å². The van der Waals surface area contributed by atoms with Gasteiger partial charge in [-0.2, -0.15) is 5.10 Å². The second-order valence-electron chi connectivity index (χ2n) is 5.17. The standard InChI is InChI=1S/C16H15FN4O2/c1-10-7-13(21(2)19-10)9-18-16(22)14-8-15(23-20-14)11-3-5-12(17)6-4-11/h3-8H,9H2,1-2H3,(H,18,22). The monoisotopic (exact) mass is 314 g/mol. The molecule has 3 aromatic rings. The Morgan fingerprint density at radius 2 is 2.04 bits per heavy atom. The molecule has 2 aromatic heterocycles. The molecule has 1 aromatic carbocycles. The smallest absolute Gasteiger partial charge is 0.273 e. The fraction of sp³-hybridized carbons (Fsp3) is 0.188. The minimum atomic E-state index is -0.346. The second-order valence-corrected chi connectivity index (χ2v) is 5.17. The fourth-order valence-corrected chi connectivity index (χ4v) is 2.22. The van der Waals surface area contributed by atoms with Gasteiger partial charge in [0.15, 0.2) is 11.5 Å². The summed E-state index contributed by atoms with van der Waals surface area (Å²) in [5.41, 5.74) is 2.60. The highest BCUT2D eigenvalue weighted by Crippen LogP contribution is 2.20. The lowest BCUT2D eigenvalue weighted by atomic mass is 10.1. The summed E-state index contributed by atoms with van der Waals surface area (Å²) in [6.07, 6.45) is 0. The van der Waals surface area contributed by atoms with E-state index in [-0.39, 0.29) is 17.4 Å². The highest BCUT2D eigenvalue weighted by Gasteiger charge is 2.14. The second kappa shape index (κ2) is 6.04. The lowest BCUT2D eigenvalue weighted by Crippen LogP contribution is -2.24. The zero-order valence-corrected chi connectivity index (χ0v) is 12.7. The van der Waals surface area contributed by atoms with Crippen LogP contribution in [0.2, 0.25) is 0 Å². The molecule has 7 heteroatoms. The van der Waals surface area contributed by atoms with Crippen molar-refractivity contribution in [3.63, 3.8) is 0 Å². The summed E-state index contributed by atoms with van der Waals surface area (Å²) in [5.74, 6) is -0.273. The SMILES string of the molecule is Cc1cc(CNC(=O)c2cc(-c3ccc(F)cc3)on2)n(C)n1. The third kappa shape index (κ3) is 3.28. The van der Waals surface area contributed by atoms with Crippen LogP contribution in [0.25, 0.3) is 11.3 Å². The van der Waals surface area contributed by atoms with Crippen LogP contribution in [-0.4, -0.2) is 20.8 Å². The maximum absolute atomic E-state index is 12.9. The van der Waals surface area contributed by atoms with Crippen molar-refractivity contribution in [3.8, 4) is 11.3 Å². The van der Waals surface area contributed by atoms with E-state index in [2.05, 4.69) is 15.6 Å². The molecule has 0 saturated carbocycles. The summed E-state index contributed by atoms with van der Waals surface area (Å²) >= 11 is 0. The average molecular weight is 314 g/mol. The van der Waals surface area contributed by atoms with E-state index in [4.69, 9.17) is 4.52 Å². The minimum Gasteiger partial charge on any atom is -0.355 e. The maximum atomic E-state index is 12.9. The Kier molecular flexibility index (Phi) is 3.92. The number of hydrogen-bond donors (Lipinski definition) is 1. The predicted molar refractivity (Wildman–Crippen MR) is 81.0 cm³/mol. The first-order chi connectivity index (χ1) is 11.0. The van der Waals surface area contributed by atoms with Gasteiger partial charge < -0.3 is 9.84 Å². The predicted octanol–water partition coefficient (Wildman–Crippen LogP) is 2.45. The molecule has 0 fully saturated rings. The normalized spacial score (nSPS) is 10.7. The van der Waals surface area contributed by atoms with Gasteiger partial charge in [0.1, 0.15) is 5.82 Å². The number of aromatic nitrogens is 3. The van der Waals surface area contributed by atoms with Crippen molar-refractivity contribution in [1.82, 2.24) is 20.3 Å². The molecular weight excluding hydrogens is 299 g/mol. The first-order valence-electron chi connectivity index (χ1n) is 7.03. The van der Waals surface area contributed by atoms with Crippen LogP contribution in [0.5, 0.6) is 0 Å². The Morgan fingerprint density at radius 1 is 1.30 bits per heavy atom. The number of nitrogens with zero attached hydrogens (tertiary/aromatic N) is 3. The van der Waals surface area contributed by atoms with Crippen molar-refractivity contribution in [2.75, 3.05) is 0 Å².